The topological polar surface area (TPSA) is 105 Å². The Hall–Kier alpha value is -0.240. The highest BCUT2D eigenvalue weighted by Crippen LogP contribution is 2.24. The SMILES string of the molecule is CC(C)(C)O[C@H]1OC(CO)[C@@H](O)[C@H](O)C1N. The maximum atomic E-state index is 9.67. The van der Waals surface area contributed by atoms with Gasteiger partial charge in [-0.15, -0.1) is 0 Å². The van der Waals surface area contributed by atoms with Crippen molar-refractivity contribution in [3.63, 3.8) is 0 Å². The molecule has 6 nitrogen and oxygen atoms in total. The molecule has 1 fully saturated rings. The van der Waals surface area contributed by atoms with Crippen molar-refractivity contribution in [2.24, 2.45) is 5.73 Å². The number of hydrogen-bond acceptors (Lipinski definition) is 6. The molecule has 0 aromatic rings. The van der Waals surface area contributed by atoms with E-state index in [0.29, 0.717) is 0 Å². The van der Waals surface area contributed by atoms with Crippen LogP contribution in [0, 0.1) is 0 Å². The molecule has 1 heterocycles. The fourth-order valence-corrected chi connectivity index (χ4v) is 1.56. The van der Waals surface area contributed by atoms with Crippen LogP contribution >= 0.6 is 0 Å². The van der Waals surface area contributed by atoms with Gasteiger partial charge in [-0.1, -0.05) is 0 Å². The monoisotopic (exact) mass is 235 g/mol. The van der Waals surface area contributed by atoms with Gasteiger partial charge < -0.3 is 30.5 Å². The Kier molecular flexibility index (Phi) is 4.28. The molecule has 0 aromatic heterocycles. The largest absolute Gasteiger partial charge is 0.394 e. The fraction of sp³-hybridized carbons (Fsp3) is 1.00. The van der Waals surface area contributed by atoms with E-state index in [-0.39, 0.29) is 0 Å². The molecule has 16 heavy (non-hydrogen) atoms. The number of rotatable bonds is 2. The van der Waals surface area contributed by atoms with Crippen LogP contribution in [-0.4, -0.2) is 58.2 Å². The van der Waals surface area contributed by atoms with E-state index in [1.54, 1.807) is 0 Å². The van der Waals surface area contributed by atoms with E-state index in [2.05, 4.69) is 0 Å². The zero-order chi connectivity index (χ0) is 12.5. The number of aliphatic hydroxyl groups excluding tert-OH is 3. The average Bonchev–Trinajstić information content (AvgIpc) is 2.17. The van der Waals surface area contributed by atoms with Crippen LogP contribution < -0.4 is 5.73 Å². The molecule has 0 bridgehead atoms. The van der Waals surface area contributed by atoms with Gasteiger partial charge in [0.05, 0.1) is 18.2 Å². The van der Waals surface area contributed by atoms with E-state index >= 15 is 0 Å². The molecule has 0 saturated carbocycles. The van der Waals surface area contributed by atoms with Gasteiger partial charge in [0.1, 0.15) is 18.3 Å². The first-order valence-corrected chi connectivity index (χ1v) is 5.32. The minimum Gasteiger partial charge on any atom is -0.394 e. The Bertz CT molecular complexity index is 228. The Balaban J connectivity index is 2.71. The van der Waals surface area contributed by atoms with Gasteiger partial charge in [0, 0.05) is 0 Å². The lowest BCUT2D eigenvalue weighted by atomic mass is 9.97. The van der Waals surface area contributed by atoms with Crippen molar-refractivity contribution in [2.45, 2.75) is 57.0 Å². The molecule has 0 amide bonds. The van der Waals surface area contributed by atoms with Gasteiger partial charge in [-0.2, -0.15) is 0 Å². The Morgan fingerprint density at radius 2 is 1.81 bits per heavy atom. The van der Waals surface area contributed by atoms with Crippen LogP contribution in [0.5, 0.6) is 0 Å². The van der Waals surface area contributed by atoms with Gasteiger partial charge in [-0.05, 0) is 20.8 Å². The lowest BCUT2D eigenvalue weighted by Crippen LogP contribution is -2.63. The molecule has 96 valence electrons. The summed E-state index contributed by atoms with van der Waals surface area (Å²) in [6.07, 6.45) is -4.07. The van der Waals surface area contributed by atoms with E-state index in [0.717, 1.165) is 0 Å². The molecule has 0 spiro atoms. The van der Waals surface area contributed by atoms with Gasteiger partial charge in [0.15, 0.2) is 6.29 Å². The Morgan fingerprint density at radius 1 is 1.25 bits per heavy atom. The summed E-state index contributed by atoms with van der Waals surface area (Å²) in [6, 6.07) is -0.836. The summed E-state index contributed by atoms with van der Waals surface area (Å²) in [5.74, 6) is 0. The summed E-state index contributed by atoms with van der Waals surface area (Å²) in [7, 11) is 0. The zero-order valence-corrected chi connectivity index (χ0v) is 9.83. The second-order valence-corrected chi connectivity index (χ2v) is 5.01. The van der Waals surface area contributed by atoms with Crippen molar-refractivity contribution in [2.75, 3.05) is 6.61 Å². The van der Waals surface area contributed by atoms with Gasteiger partial charge in [-0.25, -0.2) is 0 Å². The van der Waals surface area contributed by atoms with E-state index in [1.807, 2.05) is 20.8 Å². The van der Waals surface area contributed by atoms with Crippen LogP contribution in [-0.2, 0) is 9.47 Å². The van der Waals surface area contributed by atoms with Crippen molar-refractivity contribution in [1.29, 1.82) is 0 Å². The van der Waals surface area contributed by atoms with Crippen molar-refractivity contribution in [3.05, 3.63) is 0 Å². The highest BCUT2D eigenvalue weighted by atomic mass is 16.7. The molecule has 1 saturated heterocycles. The van der Waals surface area contributed by atoms with Crippen LogP contribution in [0.3, 0.4) is 0 Å². The molecule has 0 aromatic carbocycles. The van der Waals surface area contributed by atoms with Gasteiger partial charge in [-0.3, -0.25) is 0 Å². The van der Waals surface area contributed by atoms with Crippen molar-refractivity contribution >= 4 is 0 Å². The summed E-state index contributed by atoms with van der Waals surface area (Å²) >= 11 is 0. The number of ether oxygens (including phenoxy) is 2. The van der Waals surface area contributed by atoms with Crippen molar-refractivity contribution in [1.82, 2.24) is 0 Å². The molecule has 0 radical (unpaired) electrons. The first-order chi connectivity index (χ1) is 7.26. The molecule has 1 rings (SSSR count). The highest BCUT2D eigenvalue weighted by Gasteiger charge is 2.44. The first-order valence-electron chi connectivity index (χ1n) is 5.32. The molecule has 1 aliphatic rings. The zero-order valence-electron chi connectivity index (χ0n) is 9.83. The molecule has 0 aliphatic carbocycles. The predicted octanol–water partition coefficient (Wildman–Crippen LogP) is -1.43. The summed E-state index contributed by atoms with van der Waals surface area (Å²) in [5.41, 5.74) is 5.21. The van der Waals surface area contributed by atoms with Crippen molar-refractivity contribution in [3.8, 4) is 0 Å². The summed E-state index contributed by atoms with van der Waals surface area (Å²) in [4.78, 5) is 0. The lowest BCUT2D eigenvalue weighted by Gasteiger charge is -2.42. The summed E-state index contributed by atoms with van der Waals surface area (Å²) < 4.78 is 10.8. The van der Waals surface area contributed by atoms with Gasteiger partial charge in [0.25, 0.3) is 0 Å². The number of hydrogen-bond donors (Lipinski definition) is 4. The Morgan fingerprint density at radius 3 is 2.25 bits per heavy atom. The van der Waals surface area contributed by atoms with Crippen LogP contribution in [0.4, 0.5) is 0 Å². The van der Waals surface area contributed by atoms with Crippen LogP contribution in [0.15, 0.2) is 0 Å². The highest BCUT2D eigenvalue weighted by molar-refractivity contribution is 4.92. The van der Waals surface area contributed by atoms with Gasteiger partial charge in [0.2, 0.25) is 0 Å². The third-order valence-corrected chi connectivity index (χ3v) is 2.40. The normalized spacial score (nSPS) is 41.1. The first kappa shape index (κ1) is 13.8. The maximum Gasteiger partial charge on any atom is 0.176 e. The summed E-state index contributed by atoms with van der Waals surface area (Å²) in [6.45, 7) is 5.09. The Labute approximate surface area is 95.0 Å². The quantitative estimate of drug-likeness (QED) is 0.467. The second-order valence-electron chi connectivity index (χ2n) is 5.01. The third-order valence-electron chi connectivity index (χ3n) is 2.40. The molecule has 5 atom stereocenters. The molecule has 5 N–H and O–H groups in total. The van der Waals surface area contributed by atoms with Crippen LogP contribution in [0.2, 0.25) is 0 Å². The van der Waals surface area contributed by atoms with Crippen molar-refractivity contribution < 1.29 is 24.8 Å². The minimum absolute atomic E-state index is 0.394. The maximum absolute atomic E-state index is 9.67. The summed E-state index contributed by atoms with van der Waals surface area (Å²) in [5, 5.41) is 28.2. The van der Waals surface area contributed by atoms with E-state index < -0.39 is 42.9 Å². The fourth-order valence-electron chi connectivity index (χ4n) is 1.56. The van der Waals surface area contributed by atoms with Gasteiger partial charge >= 0.3 is 0 Å². The third kappa shape index (κ3) is 3.13. The standard InChI is InChI=1S/C10H21NO5/c1-10(2,3)16-9-6(11)8(14)7(13)5(4-12)15-9/h5-9,12-14H,4,11H2,1-3H3/t5?,6?,7-,8-,9-/m1/s1. The minimum atomic E-state index is -1.19. The lowest BCUT2D eigenvalue weighted by molar-refractivity contribution is -0.289. The van der Waals surface area contributed by atoms with E-state index in [4.69, 9.17) is 20.3 Å². The predicted molar refractivity (Wildman–Crippen MR) is 56.6 cm³/mol. The van der Waals surface area contributed by atoms with Crippen LogP contribution in [0.25, 0.3) is 0 Å². The van der Waals surface area contributed by atoms with Crippen LogP contribution in [0.1, 0.15) is 20.8 Å². The second kappa shape index (κ2) is 4.95. The molecule has 6 heteroatoms. The average molecular weight is 235 g/mol. The van der Waals surface area contributed by atoms with E-state index in [1.165, 1.54) is 0 Å². The molecule has 1 aliphatic heterocycles. The smallest absolute Gasteiger partial charge is 0.176 e. The molecular weight excluding hydrogens is 214 g/mol. The number of nitrogens with two attached hydrogens (primary N) is 1. The molecular formula is C10H21NO5. The van der Waals surface area contributed by atoms with E-state index in [9.17, 15) is 10.2 Å². The molecule has 2 unspecified atom stereocenters. The number of aliphatic hydroxyl groups is 3.